The number of carbonyl (C=O) groups is 1. The Morgan fingerprint density at radius 3 is 2.37 bits per heavy atom. The lowest BCUT2D eigenvalue weighted by molar-refractivity contribution is 0.0945. The lowest BCUT2D eigenvalue weighted by Crippen LogP contribution is -2.28. The minimum absolute atomic E-state index is 0.207. The van der Waals surface area contributed by atoms with E-state index in [1.807, 2.05) is 42.5 Å². The van der Waals surface area contributed by atoms with Gasteiger partial charge >= 0.3 is 0 Å². The molecule has 2 heterocycles. The number of nitrogens with zero attached hydrogens (tertiary/aromatic N) is 3. The molecule has 0 saturated heterocycles. The molecule has 0 spiro atoms. The van der Waals surface area contributed by atoms with Gasteiger partial charge in [0.1, 0.15) is 17.2 Å². The Labute approximate surface area is 174 Å². The van der Waals surface area contributed by atoms with Crippen molar-refractivity contribution in [1.29, 1.82) is 0 Å². The molecule has 0 saturated carbocycles. The normalized spacial score (nSPS) is 10.7. The number of amides is 1. The van der Waals surface area contributed by atoms with Crippen LogP contribution in [0.3, 0.4) is 0 Å². The number of carbonyl (C=O) groups excluding carboxylic acids is 1. The first-order valence-electron chi connectivity index (χ1n) is 9.69. The van der Waals surface area contributed by atoms with Gasteiger partial charge in [0, 0.05) is 37.1 Å². The van der Waals surface area contributed by atoms with Crippen LogP contribution in [0.4, 0.5) is 4.39 Å². The summed E-state index contributed by atoms with van der Waals surface area (Å²) in [5.41, 5.74) is 4.49. The van der Waals surface area contributed by atoms with Crippen LogP contribution < -0.4 is 5.32 Å². The van der Waals surface area contributed by atoms with Crippen molar-refractivity contribution in [2.75, 3.05) is 6.54 Å². The van der Waals surface area contributed by atoms with E-state index in [2.05, 4.69) is 15.4 Å². The predicted molar refractivity (Wildman–Crippen MR) is 114 cm³/mol. The Morgan fingerprint density at radius 1 is 0.967 bits per heavy atom. The number of rotatable bonds is 6. The summed E-state index contributed by atoms with van der Waals surface area (Å²) in [4.78, 5) is 17.2. The molecular weight excluding hydrogens is 379 g/mol. The number of halogens is 1. The van der Waals surface area contributed by atoms with E-state index in [1.165, 1.54) is 12.1 Å². The highest BCUT2D eigenvalue weighted by Crippen LogP contribution is 2.34. The molecule has 4 rings (SSSR count). The standard InChI is InChI=1S/C24H21FN4O/c1-29-23(24(30)27-16-11-17-5-3-2-4-6-17)21(18-12-14-26-15-13-18)22(28-29)19-7-9-20(25)10-8-19/h2-10,12-15H,11,16H2,1H3,(H,27,30). The average Bonchev–Trinajstić information content (AvgIpc) is 3.12. The Balaban J connectivity index is 1.68. The number of benzene rings is 2. The number of nitrogens with one attached hydrogen (secondary N) is 1. The lowest BCUT2D eigenvalue weighted by Gasteiger charge is -2.09. The van der Waals surface area contributed by atoms with Crippen molar-refractivity contribution in [2.45, 2.75) is 6.42 Å². The number of hydrogen-bond donors (Lipinski definition) is 1. The maximum atomic E-state index is 13.4. The van der Waals surface area contributed by atoms with Crippen molar-refractivity contribution in [3.05, 3.63) is 96.2 Å². The third-order valence-electron chi connectivity index (χ3n) is 4.89. The minimum atomic E-state index is -0.320. The summed E-state index contributed by atoms with van der Waals surface area (Å²) >= 11 is 0. The van der Waals surface area contributed by atoms with Crippen LogP contribution in [-0.4, -0.2) is 27.2 Å². The van der Waals surface area contributed by atoms with Crippen molar-refractivity contribution >= 4 is 5.91 Å². The lowest BCUT2D eigenvalue weighted by atomic mass is 9.99. The van der Waals surface area contributed by atoms with E-state index < -0.39 is 0 Å². The third kappa shape index (κ3) is 4.12. The zero-order chi connectivity index (χ0) is 20.9. The van der Waals surface area contributed by atoms with Gasteiger partial charge in [-0.1, -0.05) is 30.3 Å². The molecule has 0 aliphatic rings. The summed E-state index contributed by atoms with van der Waals surface area (Å²) in [6, 6.07) is 19.8. The van der Waals surface area contributed by atoms with Crippen molar-refractivity contribution in [1.82, 2.24) is 20.1 Å². The molecule has 0 aliphatic carbocycles. The SMILES string of the molecule is Cn1nc(-c2ccc(F)cc2)c(-c2ccncc2)c1C(=O)NCCc1ccccc1. The topological polar surface area (TPSA) is 59.8 Å². The van der Waals surface area contributed by atoms with Gasteiger partial charge in [-0.3, -0.25) is 14.5 Å². The van der Waals surface area contributed by atoms with E-state index >= 15 is 0 Å². The van der Waals surface area contributed by atoms with Gasteiger partial charge in [0.05, 0.1) is 0 Å². The quantitative estimate of drug-likeness (QED) is 0.526. The van der Waals surface area contributed by atoms with E-state index in [0.717, 1.165) is 23.1 Å². The van der Waals surface area contributed by atoms with Crippen molar-refractivity contribution < 1.29 is 9.18 Å². The smallest absolute Gasteiger partial charge is 0.270 e. The maximum Gasteiger partial charge on any atom is 0.270 e. The molecule has 1 amide bonds. The molecule has 4 aromatic rings. The Bertz CT molecular complexity index is 1140. The second-order valence-electron chi connectivity index (χ2n) is 6.93. The fourth-order valence-corrected chi connectivity index (χ4v) is 3.44. The van der Waals surface area contributed by atoms with Crippen LogP contribution in [0.15, 0.2) is 79.1 Å². The summed E-state index contributed by atoms with van der Waals surface area (Å²) in [5.74, 6) is -0.528. The van der Waals surface area contributed by atoms with Gasteiger partial charge in [0.25, 0.3) is 5.91 Å². The van der Waals surface area contributed by atoms with E-state index in [9.17, 15) is 9.18 Å². The zero-order valence-corrected chi connectivity index (χ0v) is 16.5. The van der Waals surface area contributed by atoms with Crippen molar-refractivity contribution in [2.24, 2.45) is 7.05 Å². The fraction of sp³-hybridized carbons (Fsp3) is 0.125. The molecule has 2 aromatic carbocycles. The molecule has 30 heavy (non-hydrogen) atoms. The van der Waals surface area contributed by atoms with E-state index in [0.29, 0.717) is 23.5 Å². The van der Waals surface area contributed by atoms with Crippen LogP contribution in [0.5, 0.6) is 0 Å². The van der Waals surface area contributed by atoms with Crippen molar-refractivity contribution in [3.63, 3.8) is 0 Å². The second kappa shape index (κ2) is 8.69. The summed E-state index contributed by atoms with van der Waals surface area (Å²) in [5, 5.41) is 7.58. The third-order valence-corrected chi connectivity index (χ3v) is 4.89. The molecule has 150 valence electrons. The van der Waals surface area contributed by atoms with Crippen LogP contribution in [0, 0.1) is 5.82 Å². The number of hydrogen-bond acceptors (Lipinski definition) is 3. The fourth-order valence-electron chi connectivity index (χ4n) is 3.44. The highest BCUT2D eigenvalue weighted by molar-refractivity contribution is 6.03. The summed E-state index contributed by atoms with van der Waals surface area (Å²) in [6.45, 7) is 0.510. The molecule has 0 atom stereocenters. The molecule has 0 radical (unpaired) electrons. The van der Waals surface area contributed by atoms with E-state index in [4.69, 9.17) is 0 Å². The first-order valence-corrected chi connectivity index (χ1v) is 9.69. The van der Waals surface area contributed by atoms with Gasteiger partial charge < -0.3 is 5.32 Å². The average molecular weight is 400 g/mol. The number of pyridine rings is 1. The highest BCUT2D eigenvalue weighted by Gasteiger charge is 2.24. The van der Waals surface area contributed by atoms with Gasteiger partial charge in [0.2, 0.25) is 0 Å². The first-order chi connectivity index (χ1) is 14.6. The highest BCUT2D eigenvalue weighted by atomic mass is 19.1. The van der Waals surface area contributed by atoms with E-state index in [1.54, 1.807) is 36.3 Å². The molecule has 5 nitrogen and oxygen atoms in total. The zero-order valence-electron chi connectivity index (χ0n) is 16.5. The molecular formula is C24H21FN4O. The molecule has 6 heteroatoms. The van der Waals surface area contributed by atoms with Crippen LogP contribution in [-0.2, 0) is 13.5 Å². The Morgan fingerprint density at radius 2 is 1.67 bits per heavy atom. The molecule has 0 unspecified atom stereocenters. The van der Waals surface area contributed by atoms with Gasteiger partial charge in [-0.25, -0.2) is 4.39 Å². The summed E-state index contributed by atoms with van der Waals surface area (Å²) < 4.78 is 15.0. The van der Waals surface area contributed by atoms with E-state index in [-0.39, 0.29) is 11.7 Å². The molecule has 1 N–H and O–H groups in total. The van der Waals surface area contributed by atoms with Gasteiger partial charge in [-0.15, -0.1) is 0 Å². The van der Waals surface area contributed by atoms with Crippen LogP contribution in [0.25, 0.3) is 22.4 Å². The predicted octanol–water partition coefficient (Wildman–Crippen LogP) is 4.26. The maximum absolute atomic E-state index is 13.4. The summed E-state index contributed by atoms with van der Waals surface area (Å²) in [6.07, 6.45) is 4.08. The number of aromatic nitrogens is 3. The number of aryl methyl sites for hydroxylation is 1. The van der Waals surface area contributed by atoms with Crippen molar-refractivity contribution in [3.8, 4) is 22.4 Å². The van der Waals surface area contributed by atoms with Gasteiger partial charge in [-0.05, 0) is 53.9 Å². The molecule has 0 aliphatic heterocycles. The molecule has 0 bridgehead atoms. The Hall–Kier alpha value is -3.80. The largest absolute Gasteiger partial charge is 0.350 e. The van der Waals surface area contributed by atoms with Gasteiger partial charge in [-0.2, -0.15) is 5.10 Å². The minimum Gasteiger partial charge on any atom is -0.350 e. The van der Waals surface area contributed by atoms with Crippen LogP contribution >= 0.6 is 0 Å². The monoisotopic (exact) mass is 400 g/mol. The first kappa shape index (κ1) is 19.5. The molecule has 2 aromatic heterocycles. The van der Waals surface area contributed by atoms with Gasteiger partial charge in [0.15, 0.2) is 0 Å². The Kier molecular flexibility index (Phi) is 5.66. The summed E-state index contributed by atoms with van der Waals surface area (Å²) in [7, 11) is 1.74. The molecule has 0 fully saturated rings. The second-order valence-corrected chi connectivity index (χ2v) is 6.93. The van der Waals surface area contributed by atoms with Crippen LogP contribution in [0.2, 0.25) is 0 Å². The van der Waals surface area contributed by atoms with Crippen LogP contribution in [0.1, 0.15) is 16.1 Å².